The second kappa shape index (κ2) is 5.54. The van der Waals surface area contributed by atoms with Gasteiger partial charge in [0, 0.05) is 18.3 Å². The molecule has 0 unspecified atom stereocenters. The van der Waals surface area contributed by atoms with Gasteiger partial charge in [-0.2, -0.15) is 0 Å². The summed E-state index contributed by atoms with van der Waals surface area (Å²) in [6.45, 7) is 6.70. The van der Waals surface area contributed by atoms with Gasteiger partial charge < -0.3 is 5.73 Å². The molecule has 0 radical (unpaired) electrons. The van der Waals surface area contributed by atoms with Crippen LogP contribution in [0.5, 0.6) is 0 Å². The van der Waals surface area contributed by atoms with E-state index in [1.54, 1.807) is 0 Å². The first kappa shape index (κ1) is 12.4. The Morgan fingerprint density at radius 1 is 1.35 bits per heavy atom. The highest BCUT2D eigenvalue weighted by Gasteiger charge is 2.28. The molecule has 2 nitrogen and oxygen atoms in total. The van der Waals surface area contributed by atoms with Crippen molar-refractivity contribution in [2.45, 2.75) is 52.1 Å². The predicted molar refractivity (Wildman–Crippen MR) is 73.9 cm³/mol. The summed E-state index contributed by atoms with van der Waals surface area (Å²) in [6, 6.07) is 7.12. The van der Waals surface area contributed by atoms with E-state index in [-0.39, 0.29) is 0 Å². The molecule has 0 amide bonds. The van der Waals surface area contributed by atoms with Gasteiger partial charge in [-0.15, -0.1) is 0 Å². The number of hydrogen-bond donors (Lipinski definition) is 1. The first-order chi connectivity index (χ1) is 8.22. The average molecular weight is 232 g/mol. The fourth-order valence-electron chi connectivity index (χ4n) is 2.29. The topological polar surface area (TPSA) is 29.3 Å². The molecule has 1 aliphatic carbocycles. The van der Waals surface area contributed by atoms with Crippen molar-refractivity contribution in [3.63, 3.8) is 0 Å². The van der Waals surface area contributed by atoms with Crippen molar-refractivity contribution in [3.8, 4) is 0 Å². The van der Waals surface area contributed by atoms with E-state index in [0.29, 0.717) is 0 Å². The quantitative estimate of drug-likeness (QED) is 0.762. The number of benzene rings is 1. The molecule has 2 rings (SSSR count). The molecule has 0 aliphatic heterocycles. The van der Waals surface area contributed by atoms with Crippen molar-refractivity contribution < 1.29 is 0 Å². The highest BCUT2D eigenvalue weighted by molar-refractivity contribution is 5.49. The summed E-state index contributed by atoms with van der Waals surface area (Å²) < 4.78 is 0. The fourth-order valence-corrected chi connectivity index (χ4v) is 2.29. The van der Waals surface area contributed by atoms with Crippen LogP contribution in [0.4, 0.5) is 5.69 Å². The third-order valence-corrected chi connectivity index (χ3v) is 3.72. The fraction of sp³-hybridized carbons (Fsp3) is 0.600. The van der Waals surface area contributed by atoms with Crippen LogP contribution in [0.1, 0.15) is 43.7 Å². The molecule has 1 saturated carbocycles. The first-order valence-electron chi connectivity index (χ1n) is 6.80. The number of nitrogens with zero attached hydrogens (tertiary/aromatic N) is 1. The lowest BCUT2D eigenvalue weighted by molar-refractivity contribution is 0.250. The number of anilines is 1. The molecular weight excluding hydrogens is 208 g/mol. The van der Waals surface area contributed by atoms with Crippen LogP contribution in [0, 0.1) is 6.92 Å². The van der Waals surface area contributed by atoms with Crippen LogP contribution in [0.2, 0.25) is 0 Å². The Bertz CT molecular complexity index is 369. The summed E-state index contributed by atoms with van der Waals surface area (Å²) in [7, 11) is 0. The third-order valence-electron chi connectivity index (χ3n) is 3.72. The number of nitrogens with two attached hydrogens (primary N) is 1. The van der Waals surface area contributed by atoms with E-state index in [1.807, 2.05) is 6.07 Å². The summed E-state index contributed by atoms with van der Waals surface area (Å²) in [5.74, 6) is 0. The summed E-state index contributed by atoms with van der Waals surface area (Å²) >= 11 is 0. The molecule has 0 spiro atoms. The highest BCUT2D eigenvalue weighted by Crippen LogP contribution is 2.29. The minimum atomic E-state index is 0.836. The van der Waals surface area contributed by atoms with Crippen LogP contribution in [-0.2, 0) is 6.54 Å². The van der Waals surface area contributed by atoms with Crippen molar-refractivity contribution in [1.29, 1.82) is 0 Å². The monoisotopic (exact) mass is 232 g/mol. The Hall–Kier alpha value is -1.02. The molecule has 0 saturated heterocycles. The van der Waals surface area contributed by atoms with E-state index in [2.05, 4.69) is 30.9 Å². The molecule has 1 aliphatic rings. The average Bonchev–Trinajstić information content (AvgIpc) is 3.14. The molecule has 0 aromatic heterocycles. The van der Waals surface area contributed by atoms with E-state index in [9.17, 15) is 0 Å². The van der Waals surface area contributed by atoms with Crippen molar-refractivity contribution in [2.24, 2.45) is 0 Å². The highest BCUT2D eigenvalue weighted by atomic mass is 15.2. The lowest BCUT2D eigenvalue weighted by Gasteiger charge is -2.23. The van der Waals surface area contributed by atoms with E-state index in [0.717, 1.165) is 18.3 Å². The molecule has 0 bridgehead atoms. The smallest absolute Gasteiger partial charge is 0.0346 e. The zero-order valence-electron chi connectivity index (χ0n) is 11.1. The van der Waals surface area contributed by atoms with Crippen LogP contribution >= 0.6 is 0 Å². The van der Waals surface area contributed by atoms with Crippen LogP contribution in [0.25, 0.3) is 0 Å². The molecule has 2 heteroatoms. The van der Waals surface area contributed by atoms with Crippen LogP contribution in [-0.4, -0.2) is 17.5 Å². The Morgan fingerprint density at radius 2 is 2.12 bits per heavy atom. The van der Waals surface area contributed by atoms with Crippen LogP contribution in [0.15, 0.2) is 18.2 Å². The molecule has 0 heterocycles. The van der Waals surface area contributed by atoms with Crippen LogP contribution < -0.4 is 5.73 Å². The normalized spacial score (nSPS) is 15.5. The van der Waals surface area contributed by atoms with Gasteiger partial charge in [-0.05, 0) is 49.9 Å². The molecule has 17 heavy (non-hydrogen) atoms. The molecular formula is C15H24N2. The van der Waals surface area contributed by atoms with E-state index in [4.69, 9.17) is 5.73 Å². The SMILES string of the molecule is CCCCN(Cc1cccc(N)c1C)C1CC1. The van der Waals surface area contributed by atoms with E-state index >= 15 is 0 Å². The second-order valence-corrected chi connectivity index (χ2v) is 5.19. The standard InChI is InChI=1S/C15H24N2/c1-3-4-10-17(14-8-9-14)11-13-6-5-7-15(16)12(13)2/h5-7,14H,3-4,8-11,16H2,1-2H3. The summed E-state index contributed by atoms with van der Waals surface area (Å²) in [5.41, 5.74) is 9.55. The molecule has 2 N–H and O–H groups in total. The van der Waals surface area contributed by atoms with Crippen LogP contribution in [0.3, 0.4) is 0 Å². The third kappa shape index (κ3) is 3.22. The first-order valence-corrected chi connectivity index (χ1v) is 6.80. The van der Waals surface area contributed by atoms with Gasteiger partial charge in [-0.1, -0.05) is 25.5 Å². The molecule has 1 aromatic carbocycles. The summed E-state index contributed by atoms with van der Waals surface area (Å²) in [5, 5.41) is 0. The van der Waals surface area contributed by atoms with Gasteiger partial charge in [-0.25, -0.2) is 0 Å². The minimum absolute atomic E-state index is 0.836. The predicted octanol–water partition coefficient (Wildman–Crippen LogP) is 3.34. The van der Waals surface area contributed by atoms with Gasteiger partial charge in [0.2, 0.25) is 0 Å². The maximum Gasteiger partial charge on any atom is 0.0346 e. The van der Waals surface area contributed by atoms with Gasteiger partial charge in [0.05, 0.1) is 0 Å². The van der Waals surface area contributed by atoms with Gasteiger partial charge in [0.15, 0.2) is 0 Å². The van der Waals surface area contributed by atoms with Crippen molar-refractivity contribution in [3.05, 3.63) is 29.3 Å². The number of rotatable bonds is 6. The summed E-state index contributed by atoms with van der Waals surface area (Å²) in [6.07, 6.45) is 5.34. The van der Waals surface area contributed by atoms with Crippen molar-refractivity contribution in [1.82, 2.24) is 4.90 Å². The maximum absolute atomic E-state index is 5.97. The Labute approximate surface area is 105 Å². The van der Waals surface area contributed by atoms with E-state index in [1.165, 1.54) is 43.4 Å². The number of nitrogen functional groups attached to an aromatic ring is 1. The second-order valence-electron chi connectivity index (χ2n) is 5.19. The zero-order chi connectivity index (χ0) is 12.3. The van der Waals surface area contributed by atoms with E-state index < -0.39 is 0 Å². The van der Waals surface area contributed by atoms with Gasteiger partial charge in [0.25, 0.3) is 0 Å². The Kier molecular flexibility index (Phi) is 4.06. The Morgan fingerprint density at radius 3 is 2.76 bits per heavy atom. The minimum Gasteiger partial charge on any atom is -0.399 e. The summed E-state index contributed by atoms with van der Waals surface area (Å²) in [4.78, 5) is 2.63. The Balaban J connectivity index is 2.03. The maximum atomic E-state index is 5.97. The number of unbranched alkanes of at least 4 members (excludes halogenated alkanes) is 1. The van der Waals surface area contributed by atoms with Gasteiger partial charge in [0.1, 0.15) is 0 Å². The molecule has 94 valence electrons. The zero-order valence-corrected chi connectivity index (χ0v) is 11.1. The van der Waals surface area contributed by atoms with Gasteiger partial charge >= 0.3 is 0 Å². The number of hydrogen-bond acceptors (Lipinski definition) is 2. The lowest BCUT2D eigenvalue weighted by atomic mass is 10.1. The van der Waals surface area contributed by atoms with Gasteiger partial charge in [-0.3, -0.25) is 4.90 Å². The van der Waals surface area contributed by atoms with Crippen molar-refractivity contribution in [2.75, 3.05) is 12.3 Å². The lowest BCUT2D eigenvalue weighted by Crippen LogP contribution is -2.27. The largest absolute Gasteiger partial charge is 0.399 e. The molecule has 0 atom stereocenters. The van der Waals surface area contributed by atoms with Crippen molar-refractivity contribution >= 4 is 5.69 Å². The molecule has 1 fully saturated rings. The molecule has 1 aromatic rings.